The molecule has 0 spiro atoms. The minimum Gasteiger partial charge on any atom is -0.325 e. The molecule has 0 saturated carbocycles. The van der Waals surface area contributed by atoms with E-state index in [0.29, 0.717) is 5.92 Å². The van der Waals surface area contributed by atoms with Crippen molar-refractivity contribution in [3.8, 4) is 0 Å². The molecule has 1 saturated heterocycles. The van der Waals surface area contributed by atoms with Crippen molar-refractivity contribution in [2.75, 3.05) is 27.2 Å². The van der Waals surface area contributed by atoms with Gasteiger partial charge >= 0.3 is 0 Å². The molecule has 1 aliphatic heterocycles. The van der Waals surface area contributed by atoms with Gasteiger partial charge in [0.15, 0.2) is 0 Å². The van der Waals surface area contributed by atoms with Crippen LogP contribution in [0.2, 0.25) is 0 Å². The monoisotopic (exact) mass is 283 g/mol. The predicted molar refractivity (Wildman–Crippen MR) is 84.5 cm³/mol. The summed E-state index contributed by atoms with van der Waals surface area (Å²) < 4.78 is 0. The Hall–Kier alpha value is -0.610. The molecule has 0 aromatic rings. The van der Waals surface area contributed by atoms with Crippen LogP contribution < -0.4 is 5.32 Å². The van der Waals surface area contributed by atoms with E-state index in [0.717, 1.165) is 25.9 Å². The van der Waals surface area contributed by atoms with Crippen LogP contribution in [0.25, 0.3) is 0 Å². The van der Waals surface area contributed by atoms with E-state index in [4.69, 9.17) is 0 Å². The van der Waals surface area contributed by atoms with Crippen molar-refractivity contribution in [3.05, 3.63) is 0 Å². The Bertz CT molecular complexity index is 326. The molecule has 4 heteroatoms. The molecular weight excluding hydrogens is 250 g/mol. The van der Waals surface area contributed by atoms with Crippen LogP contribution in [0.5, 0.6) is 0 Å². The molecule has 0 bridgehead atoms. The largest absolute Gasteiger partial charge is 0.325 e. The van der Waals surface area contributed by atoms with Gasteiger partial charge in [-0.25, -0.2) is 0 Å². The first-order valence-electron chi connectivity index (χ1n) is 7.87. The van der Waals surface area contributed by atoms with Crippen molar-refractivity contribution in [3.63, 3.8) is 0 Å². The van der Waals surface area contributed by atoms with Crippen LogP contribution in [0.15, 0.2) is 0 Å². The van der Waals surface area contributed by atoms with Gasteiger partial charge in [0.1, 0.15) is 0 Å². The first-order chi connectivity index (χ1) is 9.16. The second-order valence-electron chi connectivity index (χ2n) is 7.64. The van der Waals surface area contributed by atoms with E-state index in [2.05, 4.69) is 63.8 Å². The Morgan fingerprint density at radius 1 is 1.35 bits per heavy atom. The molecule has 1 fully saturated rings. The summed E-state index contributed by atoms with van der Waals surface area (Å²) in [6, 6.07) is 0.00825. The number of rotatable bonds is 7. The third-order valence-corrected chi connectivity index (χ3v) is 3.80. The van der Waals surface area contributed by atoms with Gasteiger partial charge in [-0.2, -0.15) is 0 Å². The normalized spacial score (nSPS) is 24.2. The van der Waals surface area contributed by atoms with Crippen LogP contribution in [0, 0.1) is 11.3 Å². The fourth-order valence-electron chi connectivity index (χ4n) is 3.24. The summed E-state index contributed by atoms with van der Waals surface area (Å²) in [6.07, 6.45) is 2.10. The van der Waals surface area contributed by atoms with Crippen LogP contribution in [0.1, 0.15) is 47.5 Å². The molecule has 4 nitrogen and oxygen atoms in total. The maximum atomic E-state index is 12.5. The molecule has 0 aliphatic carbocycles. The van der Waals surface area contributed by atoms with Gasteiger partial charge < -0.3 is 9.80 Å². The highest BCUT2D eigenvalue weighted by molar-refractivity contribution is 5.84. The molecular formula is C16H33N3O. The lowest BCUT2D eigenvalue weighted by atomic mass is 9.91. The van der Waals surface area contributed by atoms with Crippen LogP contribution in [-0.2, 0) is 4.79 Å². The van der Waals surface area contributed by atoms with Gasteiger partial charge in [0.25, 0.3) is 0 Å². The maximum Gasteiger partial charge on any atom is 0.241 e. The Morgan fingerprint density at radius 3 is 2.40 bits per heavy atom. The average molecular weight is 283 g/mol. The van der Waals surface area contributed by atoms with Crippen molar-refractivity contribution < 1.29 is 4.79 Å². The van der Waals surface area contributed by atoms with Gasteiger partial charge in [0.05, 0.1) is 12.2 Å². The SMILES string of the molecule is CCC1NC(CC(C)C)N(CC(C)(C)CN(C)C)C1=O. The lowest BCUT2D eigenvalue weighted by molar-refractivity contribution is -0.131. The lowest BCUT2D eigenvalue weighted by Gasteiger charge is -2.35. The van der Waals surface area contributed by atoms with Crippen molar-refractivity contribution in [1.82, 2.24) is 15.1 Å². The fraction of sp³-hybridized carbons (Fsp3) is 0.938. The minimum absolute atomic E-state index is 0.00825. The van der Waals surface area contributed by atoms with Crippen molar-refractivity contribution in [1.29, 1.82) is 0 Å². The molecule has 2 atom stereocenters. The number of nitrogens with zero attached hydrogens (tertiary/aromatic N) is 2. The lowest BCUT2D eigenvalue weighted by Crippen LogP contribution is -2.46. The second kappa shape index (κ2) is 6.90. The Labute approximate surface area is 124 Å². The topological polar surface area (TPSA) is 35.6 Å². The van der Waals surface area contributed by atoms with Crippen molar-refractivity contribution in [2.24, 2.45) is 11.3 Å². The van der Waals surface area contributed by atoms with Crippen molar-refractivity contribution >= 4 is 5.91 Å². The number of hydrogen-bond donors (Lipinski definition) is 1. The Morgan fingerprint density at radius 2 is 1.95 bits per heavy atom. The Kier molecular flexibility index (Phi) is 6.02. The summed E-state index contributed by atoms with van der Waals surface area (Å²) in [6.45, 7) is 12.8. The third-order valence-electron chi connectivity index (χ3n) is 3.80. The van der Waals surface area contributed by atoms with E-state index in [-0.39, 0.29) is 23.5 Å². The highest BCUT2D eigenvalue weighted by Crippen LogP contribution is 2.25. The molecule has 118 valence electrons. The molecule has 1 rings (SSSR count). The minimum atomic E-state index is 0.00825. The van der Waals surface area contributed by atoms with Gasteiger partial charge in [-0.15, -0.1) is 0 Å². The molecule has 0 aromatic heterocycles. The van der Waals surface area contributed by atoms with E-state index in [9.17, 15) is 4.79 Å². The van der Waals surface area contributed by atoms with Crippen LogP contribution in [-0.4, -0.2) is 55.1 Å². The number of hydrogen-bond acceptors (Lipinski definition) is 3. The summed E-state index contributed by atoms with van der Waals surface area (Å²) in [7, 11) is 4.18. The van der Waals surface area contributed by atoms with Crippen molar-refractivity contribution in [2.45, 2.75) is 59.7 Å². The van der Waals surface area contributed by atoms with Gasteiger partial charge in [0.2, 0.25) is 5.91 Å². The number of nitrogens with one attached hydrogen (secondary N) is 1. The van der Waals surface area contributed by atoms with E-state index in [1.807, 2.05) is 0 Å². The third kappa shape index (κ3) is 4.74. The zero-order valence-electron chi connectivity index (χ0n) is 14.4. The summed E-state index contributed by atoms with van der Waals surface area (Å²) >= 11 is 0. The highest BCUT2D eigenvalue weighted by atomic mass is 16.2. The number of carbonyl (C=O) groups is 1. The average Bonchev–Trinajstić information content (AvgIpc) is 2.54. The zero-order valence-corrected chi connectivity index (χ0v) is 14.4. The van der Waals surface area contributed by atoms with Crippen LogP contribution >= 0.6 is 0 Å². The van der Waals surface area contributed by atoms with Gasteiger partial charge in [-0.1, -0.05) is 34.6 Å². The van der Waals surface area contributed by atoms with E-state index >= 15 is 0 Å². The van der Waals surface area contributed by atoms with E-state index in [1.165, 1.54) is 0 Å². The Balaban J connectivity index is 2.79. The van der Waals surface area contributed by atoms with Gasteiger partial charge in [0, 0.05) is 13.1 Å². The van der Waals surface area contributed by atoms with Gasteiger partial charge in [-0.05, 0) is 38.3 Å². The second-order valence-corrected chi connectivity index (χ2v) is 7.64. The van der Waals surface area contributed by atoms with Crippen LogP contribution in [0.3, 0.4) is 0 Å². The number of amides is 1. The quantitative estimate of drug-likeness (QED) is 0.778. The zero-order chi connectivity index (χ0) is 15.5. The molecule has 1 amide bonds. The number of carbonyl (C=O) groups excluding carboxylic acids is 1. The first-order valence-corrected chi connectivity index (χ1v) is 7.87. The predicted octanol–water partition coefficient (Wildman–Crippen LogP) is 2.16. The molecule has 20 heavy (non-hydrogen) atoms. The standard InChI is InChI=1S/C16H33N3O/c1-8-13-15(20)19(14(17-13)9-12(2)3)11-16(4,5)10-18(6)7/h12-14,17H,8-11H2,1-7H3. The summed E-state index contributed by atoms with van der Waals surface area (Å²) in [5, 5.41) is 3.51. The smallest absolute Gasteiger partial charge is 0.241 e. The van der Waals surface area contributed by atoms with Crippen LogP contribution in [0.4, 0.5) is 0 Å². The summed E-state index contributed by atoms with van der Waals surface area (Å²) in [4.78, 5) is 16.8. The fourth-order valence-corrected chi connectivity index (χ4v) is 3.24. The summed E-state index contributed by atoms with van der Waals surface area (Å²) in [5.41, 5.74) is 0.110. The first kappa shape index (κ1) is 17.4. The van der Waals surface area contributed by atoms with E-state index in [1.54, 1.807) is 0 Å². The highest BCUT2D eigenvalue weighted by Gasteiger charge is 2.40. The summed E-state index contributed by atoms with van der Waals surface area (Å²) in [5.74, 6) is 0.875. The molecule has 1 aliphatic rings. The maximum absolute atomic E-state index is 12.5. The molecule has 1 N–H and O–H groups in total. The molecule has 0 aromatic carbocycles. The molecule has 0 radical (unpaired) electrons. The van der Waals surface area contributed by atoms with Gasteiger partial charge in [-0.3, -0.25) is 10.1 Å². The van der Waals surface area contributed by atoms with E-state index < -0.39 is 0 Å². The molecule has 2 unspecified atom stereocenters. The molecule has 1 heterocycles.